The fourth-order valence-corrected chi connectivity index (χ4v) is 2.54. The zero-order valence-corrected chi connectivity index (χ0v) is 11.4. The molecule has 1 aliphatic rings. The Morgan fingerprint density at radius 3 is 2.61 bits per heavy atom. The summed E-state index contributed by atoms with van der Waals surface area (Å²) in [5.74, 6) is 0.950. The second-order valence-electron chi connectivity index (χ2n) is 5.17. The van der Waals surface area contributed by atoms with Gasteiger partial charge in [-0.25, -0.2) is 0 Å². The standard InChI is InChI=1S/C15H24N2O/c1-3-18-14-8-9-15(11(2)10-14)17-13-6-4-12(16)5-7-13/h8-10,12-13,17H,3-7,16H2,1-2H3. The zero-order valence-electron chi connectivity index (χ0n) is 11.4. The number of nitrogens with one attached hydrogen (secondary N) is 1. The highest BCUT2D eigenvalue weighted by Gasteiger charge is 2.18. The van der Waals surface area contributed by atoms with Gasteiger partial charge in [0.05, 0.1) is 6.61 Å². The van der Waals surface area contributed by atoms with E-state index in [0.717, 1.165) is 18.6 Å². The molecule has 3 N–H and O–H groups in total. The first kappa shape index (κ1) is 13.2. The summed E-state index contributed by atoms with van der Waals surface area (Å²) in [6.45, 7) is 4.85. The van der Waals surface area contributed by atoms with Crippen LogP contribution in [-0.4, -0.2) is 18.7 Å². The maximum Gasteiger partial charge on any atom is 0.119 e. The van der Waals surface area contributed by atoms with Gasteiger partial charge >= 0.3 is 0 Å². The van der Waals surface area contributed by atoms with Gasteiger partial charge in [0.25, 0.3) is 0 Å². The highest BCUT2D eigenvalue weighted by Crippen LogP contribution is 2.25. The summed E-state index contributed by atoms with van der Waals surface area (Å²) < 4.78 is 5.50. The van der Waals surface area contributed by atoms with E-state index in [1.54, 1.807) is 0 Å². The van der Waals surface area contributed by atoms with Gasteiger partial charge in [-0.3, -0.25) is 0 Å². The zero-order chi connectivity index (χ0) is 13.0. The van der Waals surface area contributed by atoms with Crippen molar-refractivity contribution >= 4 is 5.69 Å². The SMILES string of the molecule is CCOc1ccc(NC2CCC(N)CC2)c(C)c1. The Hall–Kier alpha value is -1.22. The number of anilines is 1. The Balaban J connectivity index is 1.96. The fraction of sp³-hybridized carbons (Fsp3) is 0.600. The molecule has 3 heteroatoms. The van der Waals surface area contributed by atoms with Crippen LogP contribution in [0.5, 0.6) is 5.75 Å². The summed E-state index contributed by atoms with van der Waals surface area (Å²) in [5, 5.41) is 3.63. The third kappa shape index (κ3) is 3.39. The summed E-state index contributed by atoms with van der Waals surface area (Å²) in [4.78, 5) is 0. The molecule has 100 valence electrons. The van der Waals surface area contributed by atoms with E-state index in [2.05, 4.69) is 24.4 Å². The third-order valence-corrected chi connectivity index (χ3v) is 3.64. The molecular formula is C15H24N2O. The molecular weight excluding hydrogens is 224 g/mol. The van der Waals surface area contributed by atoms with Gasteiger partial charge in [-0.15, -0.1) is 0 Å². The van der Waals surface area contributed by atoms with Crippen LogP contribution >= 0.6 is 0 Å². The average molecular weight is 248 g/mol. The molecule has 0 heterocycles. The number of nitrogens with two attached hydrogens (primary N) is 1. The molecule has 0 unspecified atom stereocenters. The predicted molar refractivity (Wildman–Crippen MR) is 76.2 cm³/mol. The van der Waals surface area contributed by atoms with Crippen LogP contribution < -0.4 is 15.8 Å². The summed E-state index contributed by atoms with van der Waals surface area (Å²) in [5.41, 5.74) is 8.40. The first-order valence-electron chi connectivity index (χ1n) is 6.94. The third-order valence-electron chi connectivity index (χ3n) is 3.64. The van der Waals surface area contributed by atoms with Crippen LogP contribution in [-0.2, 0) is 0 Å². The molecule has 0 amide bonds. The van der Waals surface area contributed by atoms with Crippen molar-refractivity contribution in [2.24, 2.45) is 5.73 Å². The first-order chi connectivity index (χ1) is 8.69. The van der Waals surface area contributed by atoms with Crippen LogP contribution in [0.3, 0.4) is 0 Å². The molecule has 1 aromatic rings. The van der Waals surface area contributed by atoms with E-state index in [1.807, 2.05) is 13.0 Å². The smallest absolute Gasteiger partial charge is 0.119 e. The monoisotopic (exact) mass is 248 g/mol. The molecule has 1 aliphatic carbocycles. The Kier molecular flexibility index (Phi) is 4.48. The lowest BCUT2D eigenvalue weighted by atomic mass is 9.91. The molecule has 3 nitrogen and oxygen atoms in total. The minimum Gasteiger partial charge on any atom is -0.494 e. The quantitative estimate of drug-likeness (QED) is 0.861. The highest BCUT2D eigenvalue weighted by molar-refractivity contribution is 5.54. The molecule has 0 aliphatic heterocycles. The van der Waals surface area contributed by atoms with Gasteiger partial charge in [0.2, 0.25) is 0 Å². The summed E-state index contributed by atoms with van der Waals surface area (Å²) in [7, 11) is 0. The summed E-state index contributed by atoms with van der Waals surface area (Å²) >= 11 is 0. The minimum absolute atomic E-state index is 0.407. The molecule has 0 bridgehead atoms. The van der Waals surface area contributed by atoms with E-state index in [4.69, 9.17) is 10.5 Å². The highest BCUT2D eigenvalue weighted by atomic mass is 16.5. The number of hydrogen-bond acceptors (Lipinski definition) is 3. The number of ether oxygens (including phenoxy) is 1. The number of benzene rings is 1. The number of rotatable bonds is 4. The van der Waals surface area contributed by atoms with Gasteiger partial charge in [-0.1, -0.05) is 0 Å². The lowest BCUT2D eigenvalue weighted by molar-refractivity contribution is 0.340. The predicted octanol–water partition coefficient (Wildman–Crippen LogP) is 3.08. The van der Waals surface area contributed by atoms with E-state index < -0.39 is 0 Å². The van der Waals surface area contributed by atoms with E-state index in [-0.39, 0.29) is 0 Å². The maximum absolute atomic E-state index is 5.93. The molecule has 2 rings (SSSR count). The van der Waals surface area contributed by atoms with Crippen molar-refractivity contribution in [3.8, 4) is 5.75 Å². The van der Waals surface area contributed by atoms with Crippen LogP contribution in [0.1, 0.15) is 38.2 Å². The fourth-order valence-electron chi connectivity index (χ4n) is 2.54. The van der Waals surface area contributed by atoms with Crippen molar-refractivity contribution in [3.63, 3.8) is 0 Å². The van der Waals surface area contributed by atoms with E-state index in [9.17, 15) is 0 Å². The van der Waals surface area contributed by atoms with Gasteiger partial charge in [-0.05, 0) is 63.3 Å². The van der Waals surface area contributed by atoms with E-state index >= 15 is 0 Å². The van der Waals surface area contributed by atoms with Gasteiger partial charge < -0.3 is 15.8 Å². The first-order valence-corrected chi connectivity index (χ1v) is 6.94. The molecule has 1 saturated carbocycles. The summed E-state index contributed by atoms with van der Waals surface area (Å²) in [6.07, 6.45) is 4.61. The van der Waals surface area contributed by atoms with Crippen LogP contribution in [0.2, 0.25) is 0 Å². The maximum atomic E-state index is 5.93. The molecule has 0 atom stereocenters. The van der Waals surface area contributed by atoms with Gasteiger partial charge in [0, 0.05) is 17.8 Å². The van der Waals surface area contributed by atoms with Crippen molar-refractivity contribution in [3.05, 3.63) is 23.8 Å². The van der Waals surface area contributed by atoms with Crippen molar-refractivity contribution in [2.45, 2.75) is 51.6 Å². The largest absolute Gasteiger partial charge is 0.494 e. The van der Waals surface area contributed by atoms with Crippen molar-refractivity contribution in [2.75, 3.05) is 11.9 Å². The molecule has 0 spiro atoms. The van der Waals surface area contributed by atoms with Gasteiger partial charge in [0.1, 0.15) is 5.75 Å². The van der Waals surface area contributed by atoms with Crippen LogP contribution in [0.25, 0.3) is 0 Å². The van der Waals surface area contributed by atoms with E-state index in [1.165, 1.54) is 24.1 Å². The van der Waals surface area contributed by atoms with Crippen molar-refractivity contribution < 1.29 is 4.74 Å². The van der Waals surface area contributed by atoms with Gasteiger partial charge in [0.15, 0.2) is 0 Å². The average Bonchev–Trinajstić information content (AvgIpc) is 2.36. The van der Waals surface area contributed by atoms with Crippen LogP contribution in [0.4, 0.5) is 5.69 Å². The second kappa shape index (κ2) is 6.10. The van der Waals surface area contributed by atoms with Crippen LogP contribution in [0.15, 0.2) is 18.2 Å². The lowest BCUT2D eigenvalue weighted by Gasteiger charge is -2.28. The second-order valence-corrected chi connectivity index (χ2v) is 5.17. The Labute approximate surface area is 110 Å². The number of hydrogen-bond donors (Lipinski definition) is 2. The Bertz CT molecular complexity index is 384. The molecule has 0 saturated heterocycles. The molecule has 1 aromatic carbocycles. The normalized spacial score (nSPS) is 23.7. The molecule has 0 radical (unpaired) electrons. The molecule has 1 fully saturated rings. The molecule has 18 heavy (non-hydrogen) atoms. The van der Waals surface area contributed by atoms with Gasteiger partial charge in [-0.2, -0.15) is 0 Å². The lowest BCUT2D eigenvalue weighted by Crippen LogP contribution is -2.32. The van der Waals surface area contributed by atoms with Crippen molar-refractivity contribution in [1.82, 2.24) is 0 Å². The van der Waals surface area contributed by atoms with E-state index in [0.29, 0.717) is 18.7 Å². The van der Waals surface area contributed by atoms with Crippen molar-refractivity contribution in [1.29, 1.82) is 0 Å². The summed E-state index contributed by atoms with van der Waals surface area (Å²) in [6, 6.07) is 7.23. The van der Waals surface area contributed by atoms with Crippen LogP contribution in [0, 0.1) is 6.92 Å². The Morgan fingerprint density at radius 2 is 2.00 bits per heavy atom. The topological polar surface area (TPSA) is 47.3 Å². The minimum atomic E-state index is 0.407. The number of aryl methyl sites for hydroxylation is 1. The molecule has 0 aromatic heterocycles. The Morgan fingerprint density at radius 1 is 1.28 bits per heavy atom.